The average Bonchev–Trinajstić information content (AvgIpc) is 2.89. The monoisotopic (exact) mass is 303 g/mol. The van der Waals surface area contributed by atoms with Crippen LogP contribution in [0, 0.1) is 0 Å². The number of carbonyl (C=O) groups excluding carboxylic acids is 1. The SMILES string of the molecule is CC(C)(C)OC(=O)N1CCN(c2nc3ncccc3[nH]2)CC1. The summed E-state index contributed by atoms with van der Waals surface area (Å²) in [5, 5.41) is 0. The quantitative estimate of drug-likeness (QED) is 0.872. The number of nitrogens with one attached hydrogen (secondary N) is 1. The molecule has 1 aliphatic rings. The molecule has 1 N–H and O–H groups in total. The van der Waals surface area contributed by atoms with E-state index in [9.17, 15) is 4.79 Å². The van der Waals surface area contributed by atoms with Gasteiger partial charge in [-0.2, -0.15) is 4.98 Å². The highest BCUT2D eigenvalue weighted by atomic mass is 16.6. The van der Waals surface area contributed by atoms with Gasteiger partial charge in [0.2, 0.25) is 5.95 Å². The zero-order chi connectivity index (χ0) is 15.7. The molecule has 0 spiro atoms. The number of ether oxygens (including phenoxy) is 1. The van der Waals surface area contributed by atoms with Crippen LogP contribution in [0.5, 0.6) is 0 Å². The molecule has 0 saturated carbocycles. The first-order valence-corrected chi connectivity index (χ1v) is 7.46. The predicted octanol–water partition coefficient (Wildman–Crippen LogP) is 2.01. The van der Waals surface area contributed by atoms with Crippen molar-refractivity contribution < 1.29 is 9.53 Å². The minimum Gasteiger partial charge on any atom is -0.444 e. The first-order valence-electron chi connectivity index (χ1n) is 7.46. The van der Waals surface area contributed by atoms with Crippen LogP contribution in [0.3, 0.4) is 0 Å². The summed E-state index contributed by atoms with van der Waals surface area (Å²) in [6.45, 7) is 8.32. The van der Waals surface area contributed by atoms with Crippen LogP contribution in [0.1, 0.15) is 20.8 Å². The van der Waals surface area contributed by atoms with E-state index in [0.29, 0.717) is 18.7 Å². The number of anilines is 1. The van der Waals surface area contributed by atoms with Gasteiger partial charge in [0.05, 0.1) is 5.52 Å². The van der Waals surface area contributed by atoms with Crippen LogP contribution in [-0.2, 0) is 4.74 Å². The van der Waals surface area contributed by atoms with Gasteiger partial charge < -0.3 is 19.5 Å². The normalized spacial score (nSPS) is 16.1. The van der Waals surface area contributed by atoms with Gasteiger partial charge in [-0.3, -0.25) is 0 Å². The third-order valence-electron chi connectivity index (χ3n) is 3.48. The molecule has 118 valence electrons. The Morgan fingerprint density at radius 1 is 1.27 bits per heavy atom. The van der Waals surface area contributed by atoms with Gasteiger partial charge in [0.1, 0.15) is 5.60 Å². The molecule has 7 nitrogen and oxygen atoms in total. The van der Waals surface area contributed by atoms with Crippen LogP contribution in [0.2, 0.25) is 0 Å². The van der Waals surface area contributed by atoms with Gasteiger partial charge in [-0.15, -0.1) is 0 Å². The van der Waals surface area contributed by atoms with Crippen molar-refractivity contribution in [1.29, 1.82) is 0 Å². The number of piperazine rings is 1. The summed E-state index contributed by atoms with van der Waals surface area (Å²) in [6, 6.07) is 3.83. The molecule has 1 fully saturated rings. The van der Waals surface area contributed by atoms with Gasteiger partial charge in [0, 0.05) is 32.4 Å². The van der Waals surface area contributed by atoms with E-state index >= 15 is 0 Å². The smallest absolute Gasteiger partial charge is 0.410 e. The Labute approximate surface area is 129 Å². The number of carbonyl (C=O) groups is 1. The minimum atomic E-state index is -0.460. The van der Waals surface area contributed by atoms with E-state index in [0.717, 1.165) is 24.6 Å². The summed E-state index contributed by atoms with van der Waals surface area (Å²) in [5.41, 5.74) is 1.18. The lowest BCUT2D eigenvalue weighted by molar-refractivity contribution is 0.0240. The van der Waals surface area contributed by atoms with Crippen molar-refractivity contribution in [2.45, 2.75) is 26.4 Å². The number of pyridine rings is 1. The second-order valence-corrected chi connectivity index (χ2v) is 6.39. The van der Waals surface area contributed by atoms with E-state index in [1.165, 1.54) is 0 Å². The molecule has 2 aromatic rings. The van der Waals surface area contributed by atoms with Crippen molar-refractivity contribution in [3.8, 4) is 0 Å². The number of aromatic nitrogens is 3. The Bertz CT molecular complexity index is 635. The maximum Gasteiger partial charge on any atom is 0.410 e. The minimum absolute atomic E-state index is 0.251. The van der Waals surface area contributed by atoms with E-state index < -0.39 is 5.60 Å². The number of hydrogen-bond donors (Lipinski definition) is 1. The molecule has 0 atom stereocenters. The topological polar surface area (TPSA) is 74.3 Å². The molecule has 2 aromatic heterocycles. The lowest BCUT2D eigenvalue weighted by Gasteiger charge is -2.35. The van der Waals surface area contributed by atoms with Crippen LogP contribution in [-0.4, -0.2) is 57.7 Å². The maximum absolute atomic E-state index is 12.0. The number of fused-ring (bicyclic) bond motifs is 1. The molecule has 22 heavy (non-hydrogen) atoms. The third kappa shape index (κ3) is 3.13. The lowest BCUT2D eigenvalue weighted by Crippen LogP contribution is -2.50. The van der Waals surface area contributed by atoms with Crippen molar-refractivity contribution in [2.24, 2.45) is 0 Å². The summed E-state index contributed by atoms with van der Waals surface area (Å²) >= 11 is 0. The van der Waals surface area contributed by atoms with Gasteiger partial charge >= 0.3 is 6.09 Å². The number of amides is 1. The molecule has 3 rings (SSSR count). The second kappa shape index (κ2) is 5.47. The molecule has 0 radical (unpaired) electrons. The molecular formula is C15H21N5O2. The lowest BCUT2D eigenvalue weighted by atomic mass is 10.2. The van der Waals surface area contributed by atoms with Gasteiger partial charge in [0.15, 0.2) is 5.65 Å². The van der Waals surface area contributed by atoms with Crippen molar-refractivity contribution in [2.75, 3.05) is 31.1 Å². The van der Waals surface area contributed by atoms with E-state index in [1.54, 1.807) is 11.1 Å². The Morgan fingerprint density at radius 2 is 2.00 bits per heavy atom. The number of nitrogens with zero attached hydrogens (tertiary/aromatic N) is 4. The fraction of sp³-hybridized carbons (Fsp3) is 0.533. The summed E-state index contributed by atoms with van der Waals surface area (Å²) in [5.74, 6) is 0.803. The second-order valence-electron chi connectivity index (χ2n) is 6.39. The third-order valence-corrected chi connectivity index (χ3v) is 3.48. The van der Waals surface area contributed by atoms with E-state index in [1.807, 2.05) is 32.9 Å². The highest BCUT2D eigenvalue weighted by Gasteiger charge is 2.26. The number of H-pyrrole nitrogens is 1. The Balaban J connectivity index is 1.63. The number of aromatic amines is 1. The highest BCUT2D eigenvalue weighted by Crippen LogP contribution is 2.18. The van der Waals surface area contributed by atoms with E-state index in [2.05, 4.69) is 19.9 Å². The van der Waals surface area contributed by atoms with Crippen LogP contribution >= 0.6 is 0 Å². The molecule has 7 heteroatoms. The van der Waals surface area contributed by atoms with Crippen LogP contribution < -0.4 is 4.90 Å². The van der Waals surface area contributed by atoms with Crippen molar-refractivity contribution in [3.05, 3.63) is 18.3 Å². The van der Waals surface area contributed by atoms with Gasteiger partial charge in [0.25, 0.3) is 0 Å². The van der Waals surface area contributed by atoms with Crippen LogP contribution in [0.4, 0.5) is 10.7 Å². The molecule has 0 bridgehead atoms. The van der Waals surface area contributed by atoms with Gasteiger partial charge in [-0.1, -0.05) is 0 Å². The van der Waals surface area contributed by atoms with Crippen molar-refractivity contribution in [1.82, 2.24) is 19.9 Å². The molecule has 0 aromatic carbocycles. The molecule has 3 heterocycles. The average molecular weight is 303 g/mol. The molecule has 1 aliphatic heterocycles. The van der Waals surface area contributed by atoms with Gasteiger partial charge in [-0.25, -0.2) is 9.78 Å². The predicted molar refractivity (Wildman–Crippen MR) is 83.9 cm³/mol. The Morgan fingerprint density at radius 3 is 2.64 bits per heavy atom. The first kappa shape index (κ1) is 14.6. The molecule has 0 unspecified atom stereocenters. The largest absolute Gasteiger partial charge is 0.444 e. The number of rotatable bonds is 1. The fourth-order valence-corrected chi connectivity index (χ4v) is 2.41. The summed E-state index contributed by atoms with van der Waals surface area (Å²) < 4.78 is 5.40. The Hall–Kier alpha value is -2.31. The first-order chi connectivity index (χ1) is 10.4. The summed E-state index contributed by atoms with van der Waals surface area (Å²) in [6.07, 6.45) is 1.48. The van der Waals surface area contributed by atoms with Crippen molar-refractivity contribution >= 4 is 23.2 Å². The Kier molecular flexibility index (Phi) is 3.64. The molecule has 0 aliphatic carbocycles. The number of imidazole rings is 1. The highest BCUT2D eigenvalue weighted by molar-refractivity contribution is 5.73. The molecular weight excluding hydrogens is 282 g/mol. The van der Waals surface area contributed by atoms with E-state index in [-0.39, 0.29) is 6.09 Å². The van der Waals surface area contributed by atoms with E-state index in [4.69, 9.17) is 4.74 Å². The van der Waals surface area contributed by atoms with Crippen LogP contribution in [0.25, 0.3) is 11.2 Å². The molecule has 1 saturated heterocycles. The summed E-state index contributed by atoms with van der Waals surface area (Å²) in [4.78, 5) is 27.9. The standard InChI is InChI=1S/C15H21N5O2/c1-15(2,3)22-14(21)20-9-7-19(8-10-20)13-17-11-5-4-6-16-12(11)18-13/h4-6H,7-10H2,1-3H3,(H,16,17,18). The van der Waals surface area contributed by atoms with Crippen LogP contribution in [0.15, 0.2) is 18.3 Å². The van der Waals surface area contributed by atoms with Gasteiger partial charge in [-0.05, 0) is 32.9 Å². The molecule has 1 amide bonds. The fourth-order valence-electron chi connectivity index (χ4n) is 2.41. The zero-order valence-corrected chi connectivity index (χ0v) is 13.2. The number of hydrogen-bond acceptors (Lipinski definition) is 5. The summed E-state index contributed by atoms with van der Waals surface area (Å²) in [7, 11) is 0. The zero-order valence-electron chi connectivity index (χ0n) is 13.2. The maximum atomic E-state index is 12.0. The van der Waals surface area contributed by atoms with Crippen molar-refractivity contribution in [3.63, 3.8) is 0 Å².